The molecule has 1 aromatic carbocycles. The largest absolute Gasteiger partial charge is 0.347 e. The Kier molecular flexibility index (Phi) is 4.20. The summed E-state index contributed by atoms with van der Waals surface area (Å²) < 4.78 is 26.7. The molecule has 6 nitrogen and oxygen atoms in total. The molecule has 0 unspecified atom stereocenters. The van der Waals surface area contributed by atoms with Gasteiger partial charge in [0.25, 0.3) is 0 Å². The summed E-state index contributed by atoms with van der Waals surface area (Å²) in [6, 6.07) is 4.68. The molecule has 0 fully saturated rings. The first-order valence-corrected chi connectivity index (χ1v) is 7.34. The molecule has 0 atom stereocenters. The molecular formula is C11H13ClN4O2S. The number of nitrogens with two attached hydrogens (primary N) is 1. The van der Waals surface area contributed by atoms with Gasteiger partial charge < -0.3 is 10.7 Å². The van der Waals surface area contributed by atoms with Crippen molar-refractivity contribution < 1.29 is 8.42 Å². The van der Waals surface area contributed by atoms with E-state index in [2.05, 4.69) is 14.7 Å². The molecule has 0 saturated heterocycles. The van der Waals surface area contributed by atoms with Crippen LogP contribution in [0.4, 0.5) is 0 Å². The van der Waals surface area contributed by atoms with Crippen LogP contribution in [0.2, 0.25) is 5.02 Å². The topological polar surface area (TPSA) is 101 Å². The fraction of sp³-hybridized carbons (Fsp3) is 0.182. The molecule has 0 aliphatic rings. The van der Waals surface area contributed by atoms with E-state index in [1.807, 2.05) is 0 Å². The molecule has 2 rings (SSSR count). The molecule has 2 aromatic rings. The van der Waals surface area contributed by atoms with Gasteiger partial charge in [0.15, 0.2) is 0 Å². The molecule has 19 heavy (non-hydrogen) atoms. The molecule has 0 radical (unpaired) electrons. The zero-order valence-corrected chi connectivity index (χ0v) is 11.5. The summed E-state index contributed by atoms with van der Waals surface area (Å²) in [4.78, 5) is 6.64. The van der Waals surface area contributed by atoms with Gasteiger partial charge in [-0.05, 0) is 17.7 Å². The minimum absolute atomic E-state index is 0.0247. The van der Waals surface area contributed by atoms with Gasteiger partial charge in [-0.3, -0.25) is 0 Å². The molecule has 0 spiro atoms. The van der Waals surface area contributed by atoms with Gasteiger partial charge >= 0.3 is 0 Å². The Hall–Kier alpha value is -1.41. The average Bonchev–Trinajstić information content (AvgIpc) is 2.90. The van der Waals surface area contributed by atoms with Crippen molar-refractivity contribution in [2.24, 2.45) is 5.73 Å². The Morgan fingerprint density at radius 1 is 1.42 bits per heavy atom. The van der Waals surface area contributed by atoms with E-state index in [0.717, 1.165) is 0 Å². The van der Waals surface area contributed by atoms with Gasteiger partial charge in [-0.15, -0.1) is 0 Å². The third kappa shape index (κ3) is 3.32. The first-order valence-electron chi connectivity index (χ1n) is 5.48. The third-order valence-corrected chi connectivity index (χ3v) is 4.41. The van der Waals surface area contributed by atoms with Crippen LogP contribution in [0.3, 0.4) is 0 Å². The fourth-order valence-corrected chi connectivity index (χ4v) is 3.07. The van der Waals surface area contributed by atoms with Crippen molar-refractivity contribution >= 4 is 21.6 Å². The average molecular weight is 301 g/mol. The number of aromatic amines is 1. The smallest absolute Gasteiger partial charge is 0.242 e. The maximum absolute atomic E-state index is 12.1. The number of benzene rings is 1. The van der Waals surface area contributed by atoms with Crippen LogP contribution in [-0.2, 0) is 23.1 Å². The summed E-state index contributed by atoms with van der Waals surface area (Å²) in [5.74, 6) is 0. The SMILES string of the molecule is NCc1ccc(Cl)c(S(=O)(=O)NCc2cnc[nH]2)c1. The minimum atomic E-state index is -3.68. The minimum Gasteiger partial charge on any atom is -0.347 e. The van der Waals surface area contributed by atoms with Crippen molar-refractivity contribution in [3.05, 3.63) is 47.0 Å². The Morgan fingerprint density at radius 3 is 2.84 bits per heavy atom. The highest BCUT2D eigenvalue weighted by Gasteiger charge is 2.18. The Labute approximate surface area is 116 Å². The fourth-order valence-electron chi connectivity index (χ4n) is 1.51. The lowest BCUT2D eigenvalue weighted by atomic mass is 10.2. The highest BCUT2D eigenvalue weighted by molar-refractivity contribution is 7.89. The quantitative estimate of drug-likeness (QED) is 0.767. The van der Waals surface area contributed by atoms with E-state index >= 15 is 0 Å². The molecule has 1 aromatic heterocycles. The van der Waals surface area contributed by atoms with Gasteiger partial charge in [0.05, 0.1) is 17.9 Å². The first kappa shape index (κ1) is 14.0. The Balaban J connectivity index is 2.23. The molecule has 1 heterocycles. The van der Waals surface area contributed by atoms with Crippen molar-refractivity contribution in [1.29, 1.82) is 0 Å². The lowest BCUT2D eigenvalue weighted by Crippen LogP contribution is -2.24. The van der Waals surface area contributed by atoms with Gasteiger partial charge in [-0.2, -0.15) is 0 Å². The van der Waals surface area contributed by atoms with E-state index in [-0.39, 0.29) is 23.0 Å². The van der Waals surface area contributed by atoms with Gasteiger partial charge in [0.1, 0.15) is 4.90 Å². The Bertz CT molecular complexity index is 655. The van der Waals surface area contributed by atoms with Crippen molar-refractivity contribution in [3.8, 4) is 0 Å². The van der Waals surface area contributed by atoms with Crippen molar-refractivity contribution in [2.75, 3.05) is 0 Å². The van der Waals surface area contributed by atoms with Crippen molar-refractivity contribution in [2.45, 2.75) is 18.0 Å². The molecule has 0 aliphatic carbocycles. The number of rotatable bonds is 5. The second-order valence-corrected chi connectivity index (χ2v) is 6.01. The molecular weight excluding hydrogens is 288 g/mol. The maximum atomic E-state index is 12.1. The van der Waals surface area contributed by atoms with Crippen LogP contribution in [-0.4, -0.2) is 18.4 Å². The third-order valence-electron chi connectivity index (χ3n) is 2.53. The molecule has 8 heteroatoms. The summed E-state index contributed by atoms with van der Waals surface area (Å²) in [6.07, 6.45) is 3.02. The van der Waals surface area contributed by atoms with Crippen LogP contribution in [0.1, 0.15) is 11.3 Å². The van der Waals surface area contributed by atoms with E-state index < -0.39 is 10.0 Å². The van der Waals surface area contributed by atoms with Gasteiger partial charge in [-0.25, -0.2) is 18.1 Å². The normalized spacial score (nSPS) is 11.7. The Morgan fingerprint density at radius 2 is 2.21 bits per heavy atom. The number of halogens is 1. The van der Waals surface area contributed by atoms with Crippen LogP contribution in [0.5, 0.6) is 0 Å². The number of nitrogens with zero attached hydrogens (tertiary/aromatic N) is 1. The lowest BCUT2D eigenvalue weighted by molar-refractivity contribution is 0.580. The summed E-state index contributed by atoms with van der Waals surface area (Å²) in [7, 11) is -3.68. The van der Waals surface area contributed by atoms with Gasteiger partial charge in [0, 0.05) is 18.4 Å². The number of H-pyrrole nitrogens is 1. The molecule has 4 N–H and O–H groups in total. The molecule has 0 amide bonds. The van der Waals surface area contributed by atoms with Crippen LogP contribution in [0, 0.1) is 0 Å². The van der Waals surface area contributed by atoms with Gasteiger partial charge in [-0.1, -0.05) is 17.7 Å². The van der Waals surface area contributed by atoms with Crippen LogP contribution < -0.4 is 10.5 Å². The van der Waals surface area contributed by atoms with Crippen LogP contribution >= 0.6 is 11.6 Å². The number of hydrogen-bond donors (Lipinski definition) is 3. The van der Waals surface area contributed by atoms with Crippen molar-refractivity contribution in [1.82, 2.24) is 14.7 Å². The molecule has 102 valence electrons. The first-order chi connectivity index (χ1) is 9.03. The van der Waals surface area contributed by atoms with Crippen molar-refractivity contribution in [3.63, 3.8) is 0 Å². The number of aromatic nitrogens is 2. The second-order valence-electron chi connectivity index (χ2n) is 3.87. The van der Waals surface area contributed by atoms with E-state index in [1.165, 1.54) is 18.5 Å². The highest BCUT2D eigenvalue weighted by atomic mass is 35.5. The summed E-state index contributed by atoms with van der Waals surface area (Å²) in [6.45, 7) is 0.367. The second kappa shape index (κ2) is 5.70. The molecule has 0 aliphatic heterocycles. The monoisotopic (exact) mass is 300 g/mol. The molecule has 0 saturated carbocycles. The number of imidazole rings is 1. The van der Waals surface area contributed by atoms with Gasteiger partial charge in [0.2, 0.25) is 10.0 Å². The van der Waals surface area contributed by atoms with Crippen LogP contribution in [0.25, 0.3) is 0 Å². The summed E-state index contributed by atoms with van der Waals surface area (Å²) >= 11 is 5.92. The zero-order valence-electron chi connectivity index (χ0n) is 9.93. The number of sulfonamides is 1. The zero-order chi connectivity index (χ0) is 13.9. The van der Waals surface area contributed by atoms with E-state index in [1.54, 1.807) is 12.3 Å². The van der Waals surface area contributed by atoms with E-state index in [0.29, 0.717) is 11.3 Å². The highest BCUT2D eigenvalue weighted by Crippen LogP contribution is 2.22. The van der Waals surface area contributed by atoms with E-state index in [4.69, 9.17) is 17.3 Å². The lowest BCUT2D eigenvalue weighted by Gasteiger charge is -2.09. The van der Waals surface area contributed by atoms with Crippen LogP contribution in [0.15, 0.2) is 35.6 Å². The van der Waals surface area contributed by atoms with E-state index in [9.17, 15) is 8.42 Å². The standard InChI is InChI=1S/C11H13ClN4O2S/c12-10-2-1-8(4-13)3-11(10)19(17,18)16-6-9-5-14-7-15-9/h1-3,5,7,16H,4,6,13H2,(H,14,15). The maximum Gasteiger partial charge on any atom is 0.242 e. The summed E-state index contributed by atoms with van der Waals surface area (Å²) in [5, 5.41) is 0.161. The number of nitrogens with one attached hydrogen (secondary N) is 2. The summed E-state index contributed by atoms with van der Waals surface area (Å²) in [5.41, 5.74) is 6.85. The number of hydrogen-bond acceptors (Lipinski definition) is 4. The molecule has 0 bridgehead atoms. The predicted molar refractivity (Wildman–Crippen MR) is 72.0 cm³/mol. The predicted octanol–water partition coefficient (Wildman–Crippen LogP) is 1.00.